The molecule has 0 spiro atoms. The van der Waals surface area contributed by atoms with E-state index in [9.17, 15) is 18.0 Å². The van der Waals surface area contributed by atoms with Crippen molar-refractivity contribution in [1.29, 1.82) is 0 Å². The van der Waals surface area contributed by atoms with E-state index in [2.05, 4.69) is 0 Å². The molecule has 0 N–H and O–H groups in total. The van der Waals surface area contributed by atoms with Gasteiger partial charge in [-0.1, -0.05) is 17.7 Å². The van der Waals surface area contributed by atoms with E-state index in [4.69, 9.17) is 0 Å². The Morgan fingerprint density at radius 1 is 1.08 bits per heavy atom. The first-order valence-electron chi connectivity index (χ1n) is 7.64. The summed E-state index contributed by atoms with van der Waals surface area (Å²) < 4.78 is 27.3. The molecular weight excluding hydrogens is 326 g/mol. The molecule has 0 saturated heterocycles. The monoisotopic (exact) mass is 347 g/mol. The Balaban J connectivity index is 2.53. The number of aryl methyl sites for hydroxylation is 1. The summed E-state index contributed by atoms with van der Waals surface area (Å²) >= 11 is 0. The van der Waals surface area contributed by atoms with Gasteiger partial charge in [0.25, 0.3) is 10.0 Å². The van der Waals surface area contributed by atoms with Crippen LogP contribution in [0.25, 0.3) is 0 Å². The molecule has 6 heteroatoms. The summed E-state index contributed by atoms with van der Waals surface area (Å²) in [6.07, 6.45) is 3.13. The van der Waals surface area contributed by atoms with Crippen LogP contribution in [-0.2, 0) is 19.6 Å². The molecule has 1 atom stereocenters. The molecule has 1 aromatic carbocycles. The Bertz CT molecular complexity index is 832. The average Bonchev–Trinajstić information content (AvgIpc) is 2.46. The molecule has 24 heavy (non-hydrogen) atoms. The van der Waals surface area contributed by atoms with Crippen LogP contribution in [0.1, 0.15) is 32.8 Å². The molecule has 128 valence electrons. The van der Waals surface area contributed by atoms with Gasteiger partial charge in [-0.3, -0.25) is 13.9 Å². The SMILES string of the molecule is CC(=O)CC1C=C(C(C)=O)C=C(C)N1S(=O)(=O)c1ccc(C)cc1. The normalized spacial score (nSPS) is 18.0. The maximum Gasteiger partial charge on any atom is 0.264 e. The van der Waals surface area contributed by atoms with Crippen LogP contribution in [0.3, 0.4) is 0 Å². The molecule has 1 aliphatic heterocycles. The van der Waals surface area contributed by atoms with Crippen LogP contribution < -0.4 is 0 Å². The minimum Gasteiger partial charge on any atom is -0.300 e. The van der Waals surface area contributed by atoms with Gasteiger partial charge in [0.05, 0.1) is 10.9 Å². The highest BCUT2D eigenvalue weighted by molar-refractivity contribution is 7.89. The largest absolute Gasteiger partial charge is 0.300 e. The number of sulfonamides is 1. The molecule has 2 rings (SSSR count). The molecule has 0 radical (unpaired) electrons. The molecule has 1 heterocycles. The summed E-state index contributed by atoms with van der Waals surface area (Å²) in [5, 5.41) is 0. The number of hydrogen-bond donors (Lipinski definition) is 0. The Morgan fingerprint density at radius 3 is 2.17 bits per heavy atom. The molecule has 5 nitrogen and oxygen atoms in total. The molecule has 0 saturated carbocycles. The number of carbonyl (C=O) groups excluding carboxylic acids is 2. The molecule has 0 fully saturated rings. The third kappa shape index (κ3) is 3.64. The summed E-state index contributed by atoms with van der Waals surface area (Å²) in [7, 11) is -3.81. The lowest BCUT2D eigenvalue weighted by Crippen LogP contribution is -2.41. The van der Waals surface area contributed by atoms with Crippen molar-refractivity contribution in [3.63, 3.8) is 0 Å². The van der Waals surface area contributed by atoms with Crippen molar-refractivity contribution in [3.05, 3.63) is 53.3 Å². The van der Waals surface area contributed by atoms with Crippen LogP contribution in [0.15, 0.2) is 52.6 Å². The van der Waals surface area contributed by atoms with Gasteiger partial charge >= 0.3 is 0 Å². The smallest absolute Gasteiger partial charge is 0.264 e. The minimum absolute atomic E-state index is 0.0209. The molecule has 1 unspecified atom stereocenters. The molecule has 1 aliphatic rings. The van der Waals surface area contributed by atoms with Crippen LogP contribution in [0.5, 0.6) is 0 Å². The molecule has 0 bridgehead atoms. The second-order valence-corrected chi connectivity index (χ2v) is 7.87. The minimum atomic E-state index is -3.81. The fourth-order valence-electron chi connectivity index (χ4n) is 2.72. The number of carbonyl (C=O) groups is 2. The van der Waals surface area contributed by atoms with Crippen molar-refractivity contribution in [2.45, 2.75) is 45.1 Å². The zero-order chi connectivity index (χ0) is 18.1. The van der Waals surface area contributed by atoms with Crippen LogP contribution in [0.2, 0.25) is 0 Å². The Kier molecular flexibility index (Phi) is 5.08. The van der Waals surface area contributed by atoms with Crippen molar-refractivity contribution in [2.75, 3.05) is 0 Å². The zero-order valence-electron chi connectivity index (χ0n) is 14.2. The Labute approximate surface area is 142 Å². The highest BCUT2D eigenvalue weighted by atomic mass is 32.2. The summed E-state index contributed by atoms with van der Waals surface area (Å²) in [6, 6.07) is 5.86. The van der Waals surface area contributed by atoms with Crippen LogP contribution in [0, 0.1) is 6.92 Å². The zero-order valence-corrected chi connectivity index (χ0v) is 15.1. The summed E-state index contributed by atoms with van der Waals surface area (Å²) in [4.78, 5) is 23.4. The van der Waals surface area contributed by atoms with Gasteiger partial charge in [-0.15, -0.1) is 0 Å². The second kappa shape index (κ2) is 6.73. The van der Waals surface area contributed by atoms with E-state index in [1.54, 1.807) is 43.3 Å². The van der Waals surface area contributed by atoms with E-state index in [1.165, 1.54) is 18.2 Å². The summed E-state index contributed by atoms with van der Waals surface area (Å²) in [5.41, 5.74) is 1.81. The predicted molar refractivity (Wildman–Crippen MR) is 91.8 cm³/mol. The van der Waals surface area contributed by atoms with Crippen molar-refractivity contribution in [2.24, 2.45) is 0 Å². The topological polar surface area (TPSA) is 71.5 Å². The summed E-state index contributed by atoms with van der Waals surface area (Å²) in [6.45, 7) is 6.34. The number of ketones is 2. The lowest BCUT2D eigenvalue weighted by atomic mass is 10.0. The lowest BCUT2D eigenvalue weighted by Gasteiger charge is -2.34. The van der Waals surface area contributed by atoms with Gasteiger partial charge in [-0.25, -0.2) is 8.42 Å². The van der Waals surface area contributed by atoms with Crippen LogP contribution >= 0.6 is 0 Å². The van der Waals surface area contributed by atoms with E-state index in [1.807, 2.05) is 6.92 Å². The first-order chi connectivity index (χ1) is 11.1. The number of rotatable bonds is 5. The van der Waals surface area contributed by atoms with Gasteiger partial charge in [0.2, 0.25) is 0 Å². The van der Waals surface area contributed by atoms with Gasteiger partial charge < -0.3 is 0 Å². The maximum atomic E-state index is 13.0. The van der Waals surface area contributed by atoms with Gasteiger partial charge in [0.15, 0.2) is 5.78 Å². The fraction of sp³-hybridized carbons (Fsp3) is 0.333. The first kappa shape index (κ1) is 18.1. The Hall–Kier alpha value is -2.21. The Morgan fingerprint density at radius 2 is 1.67 bits per heavy atom. The van der Waals surface area contributed by atoms with Gasteiger partial charge in [0.1, 0.15) is 5.78 Å². The summed E-state index contributed by atoms with van der Waals surface area (Å²) in [5.74, 6) is -0.298. The van der Waals surface area contributed by atoms with Crippen LogP contribution in [0.4, 0.5) is 0 Å². The number of nitrogens with zero attached hydrogens (tertiary/aromatic N) is 1. The number of allylic oxidation sites excluding steroid dienone is 3. The van der Waals surface area contributed by atoms with Crippen LogP contribution in [-0.4, -0.2) is 30.3 Å². The van der Waals surface area contributed by atoms with Crippen molar-refractivity contribution in [1.82, 2.24) is 4.31 Å². The second-order valence-electron chi connectivity index (χ2n) is 6.05. The number of Topliss-reactive ketones (excluding diaryl/α,β-unsaturated/α-hetero) is 2. The highest BCUT2D eigenvalue weighted by Crippen LogP contribution is 2.30. The molecule has 0 aliphatic carbocycles. The van der Waals surface area contributed by atoms with E-state index in [0.717, 1.165) is 5.56 Å². The third-order valence-corrected chi connectivity index (χ3v) is 5.81. The molecule has 0 aromatic heterocycles. The van der Waals surface area contributed by atoms with Gasteiger partial charge in [0, 0.05) is 17.7 Å². The third-order valence-electron chi connectivity index (χ3n) is 3.87. The average molecular weight is 347 g/mol. The van der Waals surface area contributed by atoms with E-state index in [0.29, 0.717) is 11.3 Å². The highest BCUT2D eigenvalue weighted by Gasteiger charge is 2.34. The molecule has 1 aromatic rings. The van der Waals surface area contributed by atoms with Crippen molar-refractivity contribution in [3.8, 4) is 0 Å². The van der Waals surface area contributed by atoms with E-state index >= 15 is 0 Å². The lowest BCUT2D eigenvalue weighted by molar-refractivity contribution is -0.117. The predicted octanol–water partition coefficient (Wildman–Crippen LogP) is 2.77. The van der Waals surface area contributed by atoms with E-state index < -0.39 is 16.1 Å². The number of hydrogen-bond acceptors (Lipinski definition) is 4. The standard InChI is InChI=1S/C18H21NO4S/c1-12-5-7-18(8-6-12)24(22,23)19-13(2)9-16(15(4)21)11-17(19)10-14(3)20/h5-9,11,17H,10H2,1-4H3. The molecule has 0 amide bonds. The van der Waals surface area contributed by atoms with Crippen molar-refractivity contribution >= 4 is 21.6 Å². The van der Waals surface area contributed by atoms with Gasteiger partial charge in [-0.05, 0) is 52.0 Å². The van der Waals surface area contributed by atoms with Gasteiger partial charge in [-0.2, -0.15) is 0 Å². The fourth-order valence-corrected chi connectivity index (χ4v) is 4.35. The van der Waals surface area contributed by atoms with Crippen molar-refractivity contribution < 1.29 is 18.0 Å². The maximum absolute atomic E-state index is 13.0. The first-order valence-corrected chi connectivity index (χ1v) is 9.08. The number of benzene rings is 1. The molecular formula is C18H21NO4S. The quantitative estimate of drug-likeness (QED) is 0.821. The van der Waals surface area contributed by atoms with E-state index in [-0.39, 0.29) is 22.9 Å².